The topological polar surface area (TPSA) is 77.1 Å². The molecule has 1 spiro atoms. The normalized spacial score (nSPS) is 33.3. The molecule has 174 valence electrons. The van der Waals surface area contributed by atoms with Crippen LogP contribution in [-0.2, 0) is 19.1 Å². The van der Waals surface area contributed by atoms with Crippen LogP contribution in [0.25, 0.3) is 0 Å². The molecule has 4 heterocycles. The van der Waals surface area contributed by atoms with Crippen molar-refractivity contribution in [3.63, 3.8) is 0 Å². The van der Waals surface area contributed by atoms with Gasteiger partial charge in [0.2, 0.25) is 5.91 Å². The van der Waals surface area contributed by atoms with E-state index in [1.165, 1.54) is 0 Å². The van der Waals surface area contributed by atoms with Gasteiger partial charge in [-0.25, -0.2) is 8.78 Å². The Labute approximate surface area is 185 Å². The molecule has 5 aliphatic rings. The Morgan fingerprint density at radius 3 is 2.69 bits per heavy atom. The van der Waals surface area contributed by atoms with E-state index in [4.69, 9.17) is 14.2 Å². The summed E-state index contributed by atoms with van der Waals surface area (Å²) in [6.45, 7) is 0.743. The first kappa shape index (κ1) is 21.6. The summed E-state index contributed by atoms with van der Waals surface area (Å²) in [4.78, 5) is 27.1. The van der Waals surface area contributed by atoms with Gasteiger partial charge in [-0.1, -0.05) is 0 Å². The molecule has 0 radical (unpaired) electrons. The number of hydrogen-bond acceptors (Lipinski definition) is 5. The van der Waals surface area contributed by atoms with E-state index in [1.54, 1.807) is 4.90 Å². The van der Waals surface area contributed by atoms with Crippen LogP contribution in [0.5, 0.6) is 5.75 Å². The highest BCUT2D eigenvalue weighted by atomic mass is 19.1. The molecule has 1 aliphatic carbocycles. The van der Waals surface area contributed by atoms with Crippen LogP contribution in [0.3, 0.4) is 0 Å². The van der Waals surface area contributed by atoms with E-state index in [-0.39, 0.29) is 49.4 Å². The zero-order chi connectivity index (χ0) is 22.3. The van der Waals surface area contributed by atoms with Crippen molar-refractivity contribution < 1.29 is 32.6 Å². The smallest absolute Gasteiger partial charge is 0.260 e. The molecule has 1 aromatic carbocycles. The lowest BCUT2D eigenvalue weighted by Gasteiger charge is -2.51. The Hall–Kier alpha value is -2.26. The second-order valence-corrected chi connectivity index (χ2v) is 9.30. The second-order valence-electron chi connectivity index (χ2n) is 9.30. The quantitative estimate of drug-likeness (QED) is 0.656. The molecule has 2 atom stereocenters. The van der Waals surface area contributed by atoms with E-state index in [0.29, 0.717) is 44.4 Å². The maximum absolute atomic E-state index is 14.7. The zero-order valence-corrected chi connectivity index (χ0v) is 17.9. The van der Waals surface area contributed by atoms with Gasteiger partial charge in [-0.2, -0.15) is 0 Å². The number of benzene rings is 1. The third kappa shape index (κ3) is 3.96. The lowest BCUT2D eigenvalue weighted by Crippen LogP contribution is -2.72. The van der Waals surface area contributed by atoms with Gasteiger partial charge in [-0.05, 0) is 44.4 Å². The van der Waals surface area contributed by atoms with Crippen LogP contribution >= 0.6 is 0 Å². The monoisotopic (exact) mass is 450 g/mol. The molecule has 2 bridgehead atoms. The van der Waals surface area contributed by atoms with Crippen molar-refractivity contribution in [2.24, 2.45) is 0 Å². The number of rotatable bonds is 0. The standard InChI is InChI=1S/C23H28F2N2O5/c24-15-8-17(25)22-14-2-4-16(5-3-14)31-10-19-23(13-30-11-20(28)26-23)6-1-7-27(19)21(29)12-32-18(22)9-15/h8-9,14,16,19H,1-7,10-13H2,(H,26,28)/t14-,16+,19-,23+/m1/s1. The predicted octanol–water partition coefficient (Wildman–Crippen LogP) is 2.28. The molecule has 2 saturated heterocycles. The van der Waals surface area contributed by atoms with Crippen LogP contribution in [0.2, 0.25) is 0 Å². The Balaban J connectivity index is 1.48. The minimum Gasteiger partial charge on any atom is -0.483 e. The van der Waals surface area contributed by atoms with Gasteiger partial charge in [0.15, 0.2) is 6.61 Å². The van der Waals surface area contributed by atoms with Crippen LogP contribution in [0.15, 0.2) is 12.1 Å². The fourth-order valence-electron chi connectivity index (χ4n) is 5.77. The Kier molecular flexibility index (Phi) is 5.79. The summed E-state index contributed by atoms with van der Waals surface area (Å²) in [5.74, 6) is -1.89. The molecule has 4 aliphatic heterocycles. The Morgan fingerprint density at radius 1 is 1.09 bits per heavy atom. The molecule has 32 heavy (non-hydrogen) atoms. The van der Waals surface area contributed by atoms with E-state index in [9.17, 15) is 18.4 Å². The lowest BCUT2D eigenvalue weighted by molar-refractivity contribution is -0.156. The van der Waals surface area contributed by atoms with E-state index in [2.05, 4.69) is 5.32 Å². The van der Waals surface area contributed by atoms with Gasteiger partial charge >= 0.3 is 0 Å². The Morgan fingerprint density at radius 2 is 1.91 bits per heavy atom. The number of halogens is 2. The lowest BCUT2D eigenvalue weighted by atomic mass is 9.80. The number of fused-ring (bicyclic) bond motifs is 5. The number of nitrogens with one attached hydrogen (secondary N) is 1. The maximum atomic E-state index is 14.7. The fourth-order valence-corrected chi connectivity index (χ4v) is 5.77. The van der Waals surface area contributed by atoms with Gasteiger partial charge in [-0.15, -0.1) is 0 Å². The van der Waals surface area contributed by atoms with Crippen LogP contribution in [0.1, 0.15) is 50.0 Å². The summed E-state index contributed by atoms with van der Waals surface area (Å²) in [6, 6.07) is 1.64. The molecule has 7 nitrogen and oxygen atoms in total. The summed E-state index contributed by atoms with van der Waals surface area (Å²) >= 11 is 0. The molecule has 6 rings (SSSR count). The van der Waals surface area contributed by atoms with Gasteiger partial charge in [0.05, 0.1) is 30.9 Å². The summed E-state index contributed by atoms with van der Waals surface area (Å²) in [5.41, 5.74) is -0.368. The molecule has 1 aromatic rings. The number of nitrogens with zero attached hydrogens (tertiary/aromatic N) is 1. The molecule has 2 amide bonds. The van der Waals surface area contributed by atoms with E-state index >= 15 is 0 Å². The van der Waals surface area contributed by atoms with Crippen molar-refractivity contribution in [1.82, 2.24) is 10.2 Å². The minimum atomic E-state index is -0.730. The van der Waals surface area contributed by atoms with Crippen LogP contribution in [0, 0.1) is 11.6 Å². The predicted molar refractivity (Wildman–Crippen MR) is 109 cm³/mol. The zero-order valence-electron chi connectivity index (χ0n) is 17.9. The summed E-state index contributed by atoms with van der Waals surface area (Å²) in [6.07, 6.45) is 4.21. The first-order valence-corrected chi connectivity index (χ1v) is 11.4. The third-order valence-electron chi connectivity index (χ3n) is 7.32. The van der Waals surface area contributed by atoms with E-state index in [0.717, 1.165) is 25.0 Å². The molecular weight excluding hydrogens is 422 g/mol. The van der Waals surface area contributed by atoms with Crippen LogP contribution in [0.4, 0.5) is 8.78 Å². The van der Waals surface area contributed by atoms with Crippen molar-refractivity contribution in [3.05, 3.63) is 29.3 Å². The van der Waals surface area contributed by atoms with Gasteiger partial charge in [0.1, 0.15) is 24.0 Å². The number of piperidine rings is 1. The third-order valence-corrected chi connectivity index (χ3v) is 7.32. The van der Waals surface area contributed by atoms with Crippen molar-refractivity contribution in [2.45, 2.75) is 62.1 Å². The van der Waals surface area contributed by atoms with Crippen LogP contribution in [-0.4, -0.2) is 67.4 Å². The van der Waals surface area contributed by atoms with E-state index < -0.39 is 23.2 Å². The molecule has 9 heteroatoms. The SMILES string of the molecule is O=C1COC[C@]2(CCCN3C(=O)COc4cc(F)cc(F)c4[C@H]4CC[C@H](CC4)OC[C@@H]32)N1. The highest BCUT2D eigenvalue weighted by Crippen LogP contribution is 2.41. The summed E-state index contributed by atoms with van der Waals surface area (Å²) in [5, 5.41) is 3.07. The molecular formula is C23H28F2N2O5. The molecule has 3 fully saturated rings. The largest absolute Gasteiger partial charge is 0.483 e. The van der Waals surface area contributed by atoms with Crippen molar-refractivity contribution in [1.29, 1.82) is 0 Å². The fraction of sp³-hybridized carbons (Fsp3) is 0.652. The minimum absolute atomic E-state index is 0.00428. The molecule has 1 N–H and O–H groups in total. The molecule has 0 unspecified atom stereocenters. The number of carbonyl (C=O) groups is 2. The second kappa shape index (κ2) is 8.59. The number of ether oxygens (including phenoxy) is 3. The van der Waals surface area contributed by atoms with Gasteiger partial charge < -0.3 is 24.4 Å². The van der Waals surface area contributed by atoms with Gasteiger partial charge in [0.25, 0.3) is 5.91 Å². The van der Waals surface area contributed by atoms with Crippen molar-refractivity contribution in [3.8, 4) is 5.75 Å². The molecule has 1 saturated carbocycles. The Bertz CT molecular complexity index is 901. The molecule has 0 aromatic heterocycles. The van der Waals surface area contributed by atoms with E-state index in [1.807, 2.05) is 0 Å². The van der Waals surface area contributed by atoms with Crippen molar-refractivity contribution in [2.75, 3.05) is 33.0 Å². The van der Waals surface area contributed by atoms with Gasteiger partial charge in [-0.3, -0.25) is 9.59 Å². The highest BCUT2D eigenvalue weighted by Gasteiger charge is 2.50. The maximum Gasteiger partial charge on any atom is 0.260 e. The van der Waals surface area contributed by atoms with Crippen LogP contribution < -0.4 is 10.1 Å². The first-order valence-electron chi connectivity index (χ1n) is 11.4. The van der Waals surface area contributed by atoms with Crippen molar-refractivity contribution >= 4 is 11.8 Å². The summed E-state index contributed by atoms with van der Waals surface area (Å²) in [7, 11) is 0. The number of amides is 2. The van der Waals surface area contributed by atoms with Gasteiger partial charge in [0, 0.05) is 24.2 Å². The number of hydrogen-bond donors (Lipinski definition) is 1. The summed E-state index contributed by atoms with van der Waals surface area (Å²) < 4.78 is 46.3. The highest BCUT2D eigenvalue weighted by molar-refractivity contribution is 5.81. The average molecular weight is 450 g/mol. The number of carbonyl (C=O) groups excluding carboxylic acids is 2. The first-order chi connectivity index (χ1) is 15.4. The average Bonchev–Trinajstić information content (AvgIpc) is 2.77. The number of morpholine rings is 1.